The third kappa shape index (κ3) is 8.49. The number of ether oxygens (including phenoxy) is 3. The molecule has 0 fully saturated rings. The van der Waals surface area contributed by atoms with Crippen LogP contribution in [0.25, 0.3) is 0 Å². The number of likely N-dealkylation sites (N-methyl/N-ethyl adjacent to an activating group) is 1. The summed E-state index contributed by atoms with van der Waals surface area (Å²) in [5.74, 6) is -1.68. The van der Waals surface area contributed by atoms with Crippen LogP contribution in [0, 0.1) is 5.92 Å². The number of hydrogen-bond acceptors (Lipinski definition) is 6. The predicted octanol–water partition coefficient (Wildman–Crippen LogP) is 5.18. The van der Waals surface area contributed by atoms with Crippen LogP contribution >= 0.6 is 0 Å². The van der Waals surface area contributed by atoms with Gasteiger partial charge in [-0.2, -0.15) is 0 Å². The third-order valence-electron chi connectivity index (χ3n) is 5.81. The molecule has 1 amide bonds. The molecule has 194 valence electrons. The molecule has 0 aromatic heterocycles. The number of hydrogen-bond donors (Lipinski definition) is 0. The number of carbonyl (C=O) groups excluding carboxylic acids is 3. The highest BCUT2D eigenvalue weighted by atomic mass is 16.6. The molecule has 0 saturated carbocycles. The Morgan fingerprint density at radius 1 is 0.676 bits per heavy atom. The van der Waals surface area contributed by atoms with Gasteiger partial charge >= 0.3 is 18.0 Å². The van der Waals surface area contributed by atoms with Gasteiger partial charge in [-0.3, -0.25) is 4.90 Å². The Bertz CT molecular complexity index is 1130. The summed E-state index contributed by atoms with van der Waals surface area (Å²) in [5.41, 5.74) is 2.49. The van der Waals surface area contributed by atoms with Gasteiger partial charge in [0.05, 0.1) is 0 Å². The Kier molecular flexibility index (Phi) is 10.3. The zero-order chi connectivity index (χ0) is 26.6. The predicted molar refractivity (Wildman–Crippen MR) is 139 cm³/mol. The first-order valence-electron chi connectivity index (χ1n) is 12.2. The van der Waals surface area contributed by atoms with Gasteiger partial charge in [0, 0.05) is 19.4 Å². The fourth-order valence-electron chi connectivity index (χ4n) is 3.63. The van der Waals surface area contributed by atoms with E-state index in [2.05, 4.69) is 0 Å². The van der Waals surface area contributed by atoms with E-state index in [1.807, 2.05) is 91.0 Å². The third-order valence-corrected chi connectivity index (χ3v) is 5.81. The smallest absolute Gasteiger partial charge is 0.410 e. The molecule has 0 aliphatic carbocycles. The van der Waals surface area contributed by atoms with Gasteiger partial charge in [-0.25, -0.2) is 14.4 Å². The van der Waals surface area contributed by atoms with E-state index in [0.717, 1.165) is 16.7 Å². The van der Waals surface area contributed by atoms with Crippen LogP contribution in [-0.2, 0) is 43.4 Å². The van der Waals surface area contributed by atoms with Crippen molar-refractivity contribution < 1.29 is 28.6 Å². The summed E-state index contributed by atoms with van der Waals surface area (Å²) in [7, 11) is 1.49. The highest BCUT2D eigenvalue weighted by Gasteiger charge is 2.35. The molecule has 0 spiro atoms. The fraction of sp³-hybridized carbons (Fsp3) is 0.300. The zero-order valence-electron chi connectivity index (χ0n) is 21.4. The van der Waals surface area contributed by atoms with E-state index in [1.54, 1.807) is 13.8 Å². The molecule has 3 aromatic carbocycles. The molecule has 1 unspecified atom stereocenters. The average Bonchev–Trinajstić information content (AvgIpc) is 2.93. The molecular formula is C30H33NO6. The molecule has 0 heterocycles. The molecule has 0 aliphatic heterocycles. The number of carbonyl (C=O) groups is 3. The van der Waals surface area contributed by atoms with Gasteiger partial charge < -0.3 is 14.2 Å². The first kappa shape index (κ1) is 27.5. The summed E-state index contributed by atoms with van der Waals surface area (Å²) in [4.78, 5) is 40.3. The van der Waals surface area contributed by atoms with Gasteiger partial charge in [0.2, 0.25) is 6.10 Å². The lowest BCUT2D eigenvalue weighted by Gasteiger charge is -2.28. The Labute approximate surface area is 218 Å². The van der Waals surface area contributed by atoms with Crippen molar-refractivity contribution in [2.75, 3.05) is 7.05 Å². The molecule has 2 atom stereocenters. The van der Waals surface area contributed by atoms with Crippen LogP contribution in [0.15, 0.2) is 91.0 Å². The molecule has 0 radical (unpaired) electrons. The molecule has 3 aromatic rings. The number of esters is 2. The van der Waals surface area contributed by atoms with Crippen molar-refractivity contribution in [2.45, 2.75) is 45.6 Å². The van der Waals surface area contributed by atoms with E-state index in [4.69, 9.17) is 14.2 Å². The number of amides is 1. The van der Waals surface area contributed by atoms with E-state index in [9.17, 15) is 14.4 Å². The van der Waals surface area contributed by atoms with E-state index >= 15 is 0 Å². The number of nitrogens with zero attached hydrogens (tertiary/aromatic N) is 1. The molecule has 0 aliphatic rings. The minimum Gasteiger partial charge on any atom is -0.458 e. The van der Waals surface area contributed by atoms with Crippen LogP contribution in [0.2, 0.25) is 0 Å². The van der Waals surface area contributed by atoms with Gasteiger partial charge in [-0.15, -0.1) is 0 Å². The molecule has 3 rings (SSSR count). The Hall–Kier alpha value is -4.13. The van der Waals surface area contributed by atoms with Crippen molar-refractivity contribution >= 4 is 18.0 Å². The van der Waals surface area contributed by atoms with Gasteiger partial charge in [0.1, 0.15) is 19.3 Å². The minimum atomic E-state index is -1.12. The molecule has 7 nitrogen and oxygen atoms in total. The van der Waals surface area contributed by atoms with Crippen LogP contribution in [0.4, 0.5) is 4.79 Å². The maximum atomic E-state index is 13.4. The molecule has 37 heavy (non-hydrogen) atoms. The van der Waals surface area contributed by atoms with Crippen LogP contribution in [-0.4, -0.2) is 42.1 Å². The zero-order valence-corrected chi connectivity index (χ0v) is 21.4. The van der Waals surface area contributed by atoms with Crippen molar-refractivity contribution in [3.05, 3.63) is 108 Å². The Balaban J connectivity index is 1.71. The lowest BCUT2D eigenvalue weighted by Crippen LogP contribution is -2.47. The van der Waals surface area contributed by atoms with Crippen LogP contribution < -0.4 is 0 Å². The molecule has 7 heteroatoms. The van der Waals surface area contributed by atoms with Crippen LogP contribution in [0.1, 0.15) is 30.5 Å². The van der Waals surface area contributed by atoms with E-state index < -0.39 is 30.2 Å². The second kappa shape index (κ2) is 13.8. The van der Waals surface area contributed by atoms with Gasteiger partial charge in [-0.05, 0) is 16.7 Å². The van der Waals surface area contributed by atoms with E-state index in [0.29, 0.717) is 0 Å². The van der Waals surface area contributed by atoms with Gasteiger partial charge in [-0.1, -0.05) is 105 Å². The summed E-state index contributed by atoms with van der Waals surface area (Å²) in [6, 6.07) is 26.8. The standard InChI is InChI=1S/C30H33NO6/c1-22(2)27(29(33)35-20-24-15-9-5-10-16-24)37-28(32)26(19-23-13-7-4-8-14-23)31(3)30(34)36-21-25-17-11-6-12-18-25/h4-18,22,26-27H,19-21H2,1-3H3/t26-,27?/m1/s1. The lowest BCUT2D eigenvalue weighted by molar-refractivity contribution is -0.174. The average molecular weight is 504 g/mol. The fourth-order valence-corrected chi connectivity index (χ4v) is 3.63. The first-order chi connectivity index (χ1) is 17.8. The normalized spacial score (nSPS) is 12.3. The summed E-state index contributed by atoms with van der Waals surface area (Å²) >= 11 is 0. The van der Waals surface area contributed by atoms with Crippen LogP contribution in [0.3, 0.4) is 0 Å². The van der Waals surface area contributed by atoms with Crippen LogP contribution in [0.5, 0.6) is 0 Å². The summed E-state index contributed by atoms with van der Waals surface area (Å²) in [5, 5.41) is 0. The largest absolute Gasteiger partial charge is 0.458 e. The summed E-state index contributed by atoms with van der Waals surface area (Å²) < 4.78 is 16.5. The number of benzene rings is 3. The summed E-state index contributed by atoms with van der Waals surface area (Å²) in [6.45, 7) is 3.68. The minimum absolute atomic E-state index is 0.0670. The topological polar surface area (TPSA) is 82.1 Å². The van der Waals surface area contributed by atoms with Crippen molar-refractivity contribution in [3.8, 4) is 0 Å². The molecule has 0 bridgehead atoms. The van der Waals surface area contributed by atoms with Gasteiger partial charge in [0.25, 0.3) is 0 Å². The SMILES string of the molecule is CC(C)C(OC(=O)[C@@H](Cc1ccccc1)N(C)C(=O)OCc1ccccc1)C(=O)OCc1ccccc1. The second-order valence-electron chi connectivity index (χ2n) is 9.05. The van der Waals surface area contributed by atoms with Crippen molar-refractivity contribution in [2.24, 2.45) is 5.92 Å². The summed E-state index contributed by atoms with van der Waals surface area (Å²) in [6.07, 6.45) is -1.60. The molecule has 0 saturated heterocycles. The molecular weight excluding hydrogens is 470 g/mol. The van der Waals surface area contributed by atoms with Crippen molar-refractivity contribution in [1.82, 2.24) is 4.90 Å². The molecule has 0 N–H and O–H groups in total. The van der Waals surface area contributed by atoms with Crippen molar-refractivity contribution in [3.63, 3.8) is 0 Å². The van der Waals surface area contributed by atoms with Crippen molar-refractivity contribution in [1.29, 1.82) is 0 Å². The highest BCUT2D eigenvalue weighted by Crippen LogP contribution is 2.17. The maximum absolute atomic E-state index is 13.4. The Morgan fingerprint density at radius 3 is 1.62 bits per heavy atom. The second-order valence-corrected chi connectivity index (χ2v) is 9.05. The van der Waals surface area contributed by atoms with E-state index in [-0.39, 0.29) is 25.6 Å². The maximum Gasteiger partial charge on any atom is 0.410 e. The lowest BCUT2D eigenvalue weighted by atomic mass is 10.0. The quantitative estimate of drug-likeness (QED) is 0.265. The highest BCUT2D eigenvalue weighted by molar-refractivity contribution is 5.85. The first-order valence-corrected chi connectivity index (χ1v) is 12.2. The Morgan fingerprint density at radius 2 is 1.14 bits per heavy atom. The van der Waals surface area contributed by atoms with Gasteiger partial charge in [0.15, 0.2) is 0 Å². The monoisotopic (exact) mass is 503 g/mol. The van der Waals surface area contributed by atoms with E-state index in [1.165, 1.54) is 11.9 Å². The number of rotatable bonds is 11.